The molecule has 0 bridgehead atoms. The minimum Gasteiger partial charge on any atom is -0.495 e. The Labute approximate surface area is 121 Å². The Kier molecular flexibility index (Phi) is 5.60. The minimum atomic E-state index is -1.04. The van der Waals surface area contributed by atoms with Gasteiger partial charge in [0.2, 0.25) is 11.8 Å². The number of carbonyl (C=O) groups is 2. The summed E-state index contributed by atoms with van der Waals surface area (Å²) < 4.78 is 10.1. The highest BCUT2D eigenvalue weighted by Crippen LogP contribution is 2.35. The maximum Gasteiger partial charge on any atom is 0.241 e. The summed E-state index contributed by atoms with van der Waals surface area (Å²) in [7, 11) is 2.87. The Hall–Kier alpha value is -1.99. The Morgan fingerprint density at radius 1 is 1.30 bits per heavy atom. The molecule has 20 heavy (non-hydrogen) atoms. The van der Waals surface area contributed by atoms with Gasteiger partial charge in [0.1, 0.15) is 11.5 Å². The molecule has 1 aromatic rings. The van der Waals surface area contributed by atoms with Crippen LogP contribution in [0.1, 0.15) is 6.42 Å². The fraction of sp³-hybridized carbons (Fsp3) is 0.333. The minimum absolute atomic E-state index is 0.251. The molecule has 0 spiro atoms. The number of methoxy groups -OCH3 is 2. The van der Waals surface area contributed by atoms with Gasteiger partial charge in [0.15, 0.2) is 0 Å². The van der Waals surface area contributed by atoms with Gasteiger partial charge in [0.25, 0.3) is 0 Å². The predicted molar refractivity (Wildman–Crippen MR) is 75.0 cm³/mol. The van der Waals surface area contributed by atoms with E-state index >= 15 is 0 Å². The van der Waals surface area contributed by atoms with Gasteiger partial charge in [-0.05, 0) is 0 Å². The highest BCUT2D eigenvalue weighted by molar-refractivity contribution is 6.32. The molecule has 7 nitrogen and oxygen atoms in total. The van der Waals surface area contributed by atoms with Crippen LogP contribution in [0.25, 0.3) is 0 Å². The molecule has 0 heterocycles. The average Bonchev–Trinajstić information content (AvgIpc) is 2.39. The smallest absolute Gasteiger partial charge is 0.241 e. The lowest BCUT2D eigenvalue weighted by Crippen LogP contribution is -2.39. The second kappa shape index (κ2) is 6.97. The highest BCUT2D eigenvalue weighted by Gasteiger charge is 2.19. The van der Waals surface area contributed by atoms with Crippen LogP contribution in [0.4, 0.5) is 5.69 Å². The molecular weight excluding hydrogens is 286 g/mol. The van der Waals surface area contributed by atoms with E-state index in [0.717, 1.165) is 0 Å². The molecule has 1 unspecified atom stereocenters. The molecule has 0 fully saturated rings. The zero-order valence-corrected chi connectivity index (χ0v) is 11.9. The van der Waals surface area contributed by atoms with Crippen molar-refractivity contribution in [2.45, 2.75) is 12.5 Å². The van der Waals surface area contributed by atoms with Crippen LogP contribution in [0.2, 0.25) is 5.02 Å². The highest BCUT2D eigenvalue weighted by atomic mass is 35.5. The first-order valence-electron chi connectivity index (χ1n) is 5.65. The molecule has 1 atom stereocenters. The molecule has 2 amide bonds. The molecule has 0 saturated carbocycles. The van der Waals surface area contributed by atoms with Crippen LogP contribution in [0.15, 0.2) is 12.1 Å². The SMILES string of the molecule is COc1cc(NC(=O)C(N)CC(N)=O)c(OC)cc1Cl. The second-order valence-electron chi connectivity index (χ2n) is 3.95. The number of carbonyl (C=O) groups excluding carboxylic acids is 2. The van der Waals surface area contributed by atoms with E-state index in [2.05, 4.69) is 5.32 Å². The number of anilines is 1. The Balaban J connectivity index is 2.95. The van der Waals surface area contributed by atoms with Gasteiger partial charge in [0.05, 0.1) is 37.4 Å². The van der Waals surface area contributed by atoms with Crippen molar-refractivity contribution in [3.8, 4) is 11.5 Å². The summed E-state index contributed by atoms with van der Waals surface area (Å²) in [5, 5.41) is 2.87. The van der Waals surface area contributed by atoms with Crippen LogP contribution in [-0.4, -0.2) is 32.1 Å². The Bertz CT molecular complexity index is 522. The van der Waals surface area contributed by atoms with E-state index in [-0.39, 0.29) is 6.42 Å². The number of amides is 2. The summed E-state index contributed by atoms with van der Waals surface area (Å²) in [4.78, 5) is 22.6. The van der Waals surface area contributed by atoms with Gasteiger partial charge in [0, 0.05) is 12.1 Å². The van der Waals surface area contributed by atoms with E-state index in [0.29, 0.717) is 22.2 Å². The van der Waals surface area contributed by atoms with Gasteiger partial charge in [-0.2, -0.15) is 0 Å². The quantitative estimate of drug-likeness (QED) is 0.707. The maximum atomic E-state index is 11.8. The van der Waals surface area contributed by atoms with Crippen molar-refractivity contribution in [2.75, 3.05) is 19.5 Å². The molecule has 0 aliphatic heterocycles. The predicted octanol–water partition coefficient (Wildman–Crippen LogP) is 0.498. The summed E-state index contributed by atoms with van der Waals surface area (Å²) >= 11 is 5.94. The normalized spacial score (nSPS) is 11.6. The van der Waals surface area contributed by atoms with Gasteiger partial charge >= 0.3 is 0 Å². The maximum absolute atomic E-state index is 11.8. The summed E-state index contributed by atoms with van der Waals surface area (Å²) in [5.74, 6) is -0.513. The van der Waals surface area contributed by atoms with E-state index in [1.54, 1.807) is 0 Å². The average molecular weight is 302 g/mol. The zero-order valence-electron chi connectivity index (χ0n) is 11.1. The third-order valence-corrected chi connectivity index (χ3v) is 2.79. The molecule has 0 aliphatic carbocycles. The van der Waals surface area contributed by atoms with Gasteiger partial charge < -0.3 is 26.3 Å². The van der Waals surface area contributed by atoms with Crippen molar-refractivity contribution in [3.05, 3.63) is 17.2 Å². The van der Waals surface area contributed by atoms with E-state index in [1.807, 2.05) is 0 Å². The van der Waals surface area contributed by atoms with Crippen LogP contribution in [-0.2, 0) is 9.59 Å². The number of halogens is 1. The molecular formula is C12H16ClN3O4. The molecule has 0 radical (unpaired) electrons. The van der Waals surface area contributed by atoms with Gasteiger partial charge in [-0.15, -0.1) is 0 Å². The van der Waals surface area contributed by atoms with Crippen molar-refractivity contribution in [3.63, 3.8) is 0 Å². The topological polar surface area (TPSA) is 117 Å². The number of benzene rings is 1. The molecule has 1 aromatic carbocycles. The van der Waals surface area contributed by atoms with Crippen molar-refractivity contribution in [1.82, 2.24) is 0 Å². The van der Waals surface area contributed by atoms with Crippen LogP contribution in [0, 0.1) is 0 Å². The number of rotatable bonds is 6. The first-order valence-corrected chi connectivity index (χ1v) is 6.03. The lowest BCUT2D eigenvalue weighted by atomic mass is 10.2. The first-order chi connectivity index (χ1) is 9.38. The Morgan fingerprint density at radius 2 is 1.90 bits per heavy atom. The monoisotopic (exact) mass is 301 g/mol. The van der Waals surface area contributed by atoms with Crippen molar-refractivity contribution >= 4 is 29.1 Å². The lowest BCUT2D eigenvalue weighted by Gasteiger charge is -2.15. The van der Waals surface area contributed by atoms with Crippen molar-refractivity contribution in [2.24, 2.45) is 11.5 Å². The standard InChI is InChI=1S/C12H16ClN3O4/c1-19-9-5-8(10(20-2)3-6(9)13)16-12(18)7(14)4-11(15)17/h3,5,7H,4,14H2,1-2H3,(H2,15,17)(H,16,18). The second-order valence-corrected chi connectivity index (χ2v) is 4.36. The van der Waals surface area contributed by atoms with Gasteiger partial charge in [-0.1, -0.05) is 11.6 Å². The van der Waals surface area contributed by atoms with Gasteiger partial charge in [-0.25, -0.2) is 0 Å². The summed E-state index contributed by atoms with van der Waals surface area (Å²) in [6, 6.07) is 1.95. The number of nitrogens with one attached hydrogen (secondary N) is 1. The summed E-state index contributed by atoms with van der Waals surface area (Å²) in [6.45, 7) is 0. The number of ether oxygens (including phenoxy) is 2. The van der Waals surface area contributed by atoms with E-state index in [4.69, 9.17) is 32.5 Å². The van der Waals surface area contributed by atoms with Crippen molar-refractivity contribution in [1.29, 1.82) is 0 Å². The van der Waals surface area contributed by atoms with Crippen LogP contribution in [0.5, 0.6) is 11.5 Å². The number of hydrogen-bond donors (Lipinski definition) is 3. The largest absolute Gasteiger partial charge is 0.495 e. The molecule has 0 saturated heterocycles. The fourth-order valence-corrected chi connectivity index (χ4v) is 1.72. The summed E-state index contributed by atoms with van der Waals surface area (Å²) in [5.41, 5.74) is 10.9. The van der Waals surface area contributed by atoms with Crippen molar-refractivity contribution < 1.29 is 19.1 Å². The molecule has 0 aromatic heterocycles. The number of hydrogen-bond acceptors (Lipinski definition) is 5. The third-order valence-electron chi connectivity index (χ3n) is 2.49. The van der Waals surface area contributed by atoms with E-state index < -0.39 is 17.9 Å². The fourth-order valence-electron chi connectivity index (χ4n) is 1.49. The summed E-state index contributed by atoms with van der Waals surface area (Å²) in [6.07, 6.45) is -0.251. The van der Waals surface area contributed by atoms with E-state index in [1.165, 1.54) is 26.4 Å². The molecule has 5 N–H and O–H groups in total. The number of primary amides is 1. The Morgan fingerprint density at radius 3 is 2.40 bits per heavy atom. The van der Waals surface area contributed by atoms with Crippen LogP contribution < -0.4 is 26.3 Å². The lowest BCUT2D eigenvalue weighted by molar-refractivity contribution is -0.123. The molecule has 8 heteroatoms. The van der Waals surface area contributed by atoms with Crippen LogP contribution in [0.3, 0.4) is 0 Å². The zero-order chi connectivity index (χ0) is 15.3. The van der Waals surface area contributed by atoms with E-state index in [9.17, 15) is 9.59 Å². The number of nitrogens with two attached hydrogens (primary N) is 2. The molecule has 1 rings (SSSR count). The van der Waals surface area contributed by atoms with Crippen LogP contribution >= 0.6 is 11.6 Å². The first kappa shape index (κ1) is 16.1. The van der Waals surface area contributed by atoms with Gasteiger partial charge in [-0.3, -0.25) is 9.59 Å². The molecule has 110 valence electrons. The third kappa shape index (κ3) is 4.01. The molecule has 0 aliphatic rings.